The van der Waals surface area contributed by atoms with E-state index in [-0.39, 0.29) is 5.41 Å². The molecule has 0 amide bonds. The highest BCUT2D eigenvalue weighted by Gasteiger charge is 2.28. The SMILES string of the molecule is CNC1CCCC1Oc1ccc(C(C)(C)C)cc1C. The number of rotatable bonds is 3. The third-order valence-electron chi connectivity index (χ3n) is 4.14. The molecular weight excluding hydrogens is 234 g/mol. The van der Waals surface area contributed by atoms with Crippen LogP contribution in [-0.4, -0.2) is 19.2 Å². The van der Waals surface area contributed by atoms with Crippen LogP contribution < -0.4 is 10.1 Å². The summed E-state index contributed by atoms with van der Waals surface area (Å²) in [6, 6.07) is 7.10. The fraction of sp³-hybridized carbons (Fsp3) is 0.647. The Hall–Kier alpha value is -1.02. The largest absolute Gasteiger partial charge is 0.489 e. The predicted octanol–water partition coefficient (Wildman–Crippen LogP) is 3.81. The molecule has 1 aromatic carbocycles. The van der Waals surface area contributed by atoms with E-state index in [1.165, 1.54) is 24.0 Å². The second-order valence-electron chi connectivity index (χ2n) is 6.71. The lowest BCUT2D eigenvalue weighted by Gasteiger charge is -2.24. The molecule has 2 atom stereocenters. The average molecular weight is 261 g/mol. The lowest BCUT2D eigenvalue weighted by atomic mass is 9.86. The van der Waals surface area contributed by atoms with Gasteiger partial charge in [0.25, 0.3) is 0 Å². The molecule has 1 saturated carbocycles. The van der Waals surface area contributed by atoms with Crippen molar-refractivity contribution in [3.8, 4) is 5.75 Å². The highest BCUT2D eigenvalue weighted by molar-refractivity contribution is 5.39. The molecule has 2 heteroatoms. The van der Waals surface area contributed by atoms with Crippen LogP contribution in [0.5, 0.6) is 5.75 Å². The van der Waals surface area contributed by atoms with Crippen LogP contribution >= 0.6 is 0 Å². The third kappa shape index (κ3) is 3.30. The van der Waals surface area contributed by atoms with Crippen molar-refractivity contribution < 1.29 is 4.74 Å². The standard InChI is InChI=1S/C17H27NO/c1-12-11-13(17(2,3)4)9-10-15(12)19-16-8-6-7-14(16)18-5/h9-11,14,16,18H,6-8H2,1-5H3. The zero-order valence-electron chi connectivity index (χ0n) is 12.9. The molecule has 2 nitrogen and oxygen atoms in total. The number of hydrogen-bond donors (Lipinski definition) is 1. The first-order valence-electron chi connectivity index (χ1n) is 7.37. The van der Waals surface area contributed by atoms with Crippen molar-refractivity contribution in [1.82, 2.24) is 5.32 Å². The Morgan fingerprint density at radius 3 is 2.53 bits per heavy atom. The Kier molecular flexibility index (Phi) is 4.19. The van der Waals surface area contributed by atoms with Crippen LogP contribution in [0.3, 0.4) is 0 Å². The highest BCUT2D eigenvalue weighted by atomic mass is 16.5. The number of aryl methyl sites for hydroxylation is 1. The first-order chi connectivity index (χ1) is 8.91. The summed E-state index contributed by atoms with van der Waals surface area (Å²) < 4.78 is 6.21. The van der Waals surface area contributed by atoms with E-state index >= 15 is 0 Å². The van der Waals surface area contributed by atoms with E-state index < -0.39 is 0 Å². The van der Waals surface area contributed by atoms with E-state index in [1.54, 1.807) is 0 Å². The minimum Gasteiger partial charge on any atom is -0.489 e. The van der Waals surface area contributed by atoms with Gasteiger partial charge in [-0.05, 0) is 55.8 Å². The molecule has 106 valence electrons. The van der Waals surface area contributed by atoms with Gasteiger partial charge >= 0.3 is 0 Å². The molecule has 0 spiro atoms. The summed E-state index contributed by atoms with van der Waals surface area (Å²) in [4.78, 5) is 0. The van der Waals surface area contributed by atoms with E-state index in [2.05, 4.69) is 51.2 Å². The maximum atomic E-state index is 6.21. The van der Waals surface area contributed by atoms with Gasteiger partial charge in [0.15, 0.2) is 0 Å². The number of benzene rings is 1. The molecule has 0 radical (unpaired) electrons. The molecule has 1 aliphatic carbocycles. The van der Waals surface area contributed by atoms with Crippen molar-refractivity contribution in [1.29, 1.82) is 0 Å². The molecule has 1 fully saturated rings. The fourth-order valence-electron chi connectivity index (χ4n) is 2.81. The summed E-state index contributed by atoms with van der Waals surface area (Å²) in [7, 11) is 2.03. The topological polar surface area (TPSA) is 21.3 Å². The lowest BCUT2D eigenvalue weighted by Crippen LogP contribution is -2.36. The summed E-state index contributed by atoms with van der Waals surface area (Å²) >= 11 is 0. The molecule has 1 N–H and O–H groups in total. The van der Waals surface area contributed by atoms with Gasteiger partial charge in [0.05, 0.1) is 0 Å². The number of hydrogen-bond acceptors (Lipinski definition) is 2. The molecule has 19 heavy (non-hydrogen) atoms. The molecule has 0 saturated heterocycles. The van der Waals surface area contributed by atoms with Gasteiger partial charge in [0.2, 0.25) is 0 Å². The second-order valence-corrected chi connectivity index (χ2v) is 6.71. The summed E-state index contributed by atoms with van der Waals surface area (Å²) in [6.45, 7) is 8.89. The molecule has 2 rings (SSSR count). The Balaban J connectivity index is 2.13. The second kappa shape index (κ2) is 5.54. The van der Waals surface area contributed by atoms with Gasteiger partial charge in [-0.2, -0.15) is 0 Å². The molecular formula is C17H27NO. The van der Waals surface area contributed by atoms with E-state index in [1.807, 2.05) is 7.05 Å². The number of likely N-dealkylation sites (N-methyl/N-ethyl adjacent to an activating group) is 1. The quantitative estimate of drug-likeness (QED) is 0.893. The van der Waals surface area contributed by atoms with Crippen molar-refractivity contribution in [2.75, 3.05) is 7.05 Å². The van der Waals surface area contributed by atoms with E-state index in [9.17, 15) is 0 Å². The van der Waals surface area contributed by atoms with Crippen LogP contribution in [0.4, 0.5) is 0 Å². The number of ether oxygens (including phenoxy) is 1. The van der Waals surface area contributed by atoms with Crippen molar-refractivity contribution in [3.63, 3.8) is 0 Å². The Morgan fingerprint density at radius 2 is 1.95 bits per heavy atom. The minimum atomic E-state index is 0.199. The third-order valence-corrected chi connectivity index (χ3v) is 4.14. The molecule has 0 heterocycles. The smallest absolute Gasteiger partial charge is 0.122 e. The van der Waals surface area contributed by atoms with Gasteiger partial charge < -0.3 is 10.1 Å². The van der Waals surface area contributed by atoms with E-state index in [0.29, 0.717) is 12.1 Å². The first-order valence-corrected chi connectivity index (χ1v) is 7.37. The summed E-state index contributed by atoms with van der Waals surface area (Å²) in [5.74, 6) is 1.04. The van der Waals surface area contributed by atoms with Crippen LogP contribution in [0.2, 0.25) is 0 Å². The van der Waals surface area contributed by atoms with Gasteiger partial charge in [-0.25, -0.2) is 0 Å². The van der Waals surface area contributed by atoms with Gasteiger partial charge in [0, 0.05) is 6.04 Å². The van der Waals surface area contributed by atoms with Crippen LogP contribution in [0.25, 0.3) is 0 Å². The summed E-state index contributed by atoms with van der Waals surface area (Å²) in [6.07, 6.45) is 3.96. The van der Waals surface area contributed by atoms with Crippen LogP contribution in [0, 0.1) is 6.92 Å². The monoisotopic (exact) mass is 261 g/mol. The van der Waals surface area contributed by atoms with Crippen LogP contribution in [-0.2, 0) is 5.41 Å². The van der Waals surface area contributed by atoms with Crippen molar-refractivity contribution in [3.05, 3.63) is 29.3 Å². The highest BCUT2D eigenvalue weighted by Crippen LogP contribution is 2.30. The van der Waals surface area contributed by atoms with Gasteiger partial charge in [-0.1, -0.05) is 32.9 Å². The normalized spacial score (nSPS) is 23.6. The maximum Gasteiger partial charge on any atom is 0.122 e. The van der Waals surface area contributed by atoms with Gasteiger partial charge in [-0.3, -0.25) is 0 Å². The maximum absolute atomic E-state index is 6.21. The molecule has 2 unspecified atom stereocenters. The summed E-state index contributed by atoms with van der Waals surface area (Å²) in [5.41, 5.74) is 2.81. The zero-order chi connectivity index (χ0) is 14.0. The zero-order valence-corrected chi connectivity index (χ0v) is 12.9. The molecule has 0 aliphatic heterocycles. The fourth-order valence-corrected chi connectivity index (χ4v) is 2.81. The van der Waals surface area contributed by atoms with Crippen molar-refractivity contribution in [2.45, 2.75) is 64.5 Å². The van der Waals surface area contributed by atoms with Crippen LogP contribution in [0.15, 0.2) is 18.2 Å². The molecule has 1 aliphatic rings. The molecule has 0 bridgehead atoms. The minimum absolute atomic E-state index is 0.199. The average Bonchev–Trinajstić information content (AvgIpc) is 2.77. The Labute approximate surface area is 117 Å². The Morgan fingerprint density at radius 1 is 1.21 bits per heavy atom. The van der Waals surface area contributed by atoms with Crippen molar-refractivity contribution in [2.24, 2.45) is 0 Å². The lowest BCUT2D eigenvalue weighted by molar-refractivity contribution is 0.177. The number of nitrogens with one attached hydrogen (secondary N) is 1. The predicted molar refractivity (Wildman–Crippen MR) is 81.0 cm³/mol. The molecule has 0 aromatic heterocycles. The first kappa shape index (κ1) is 14.4. The van der Waals surface area contributed by atoms with E-state index in [4.69, 9.17) is 4.74 Å². The van der Waals surface area contributed by atoms with Gasteiger partial charge in [0.1, 0.15) is 11.9 Å². The van der Waals surface area contributed by atoms with Crippen LogP contribution in [0.1, 0.15) is 51.2 Å². The van der Waals surface area contributed by atoms with Crippen molar-refractivity contribution >= 4 is 0 Å². The Bertz CT molecular complexity index is 433. The van der Waals surface area contributed by atoms with E-state index in [0.717, 1.165) is 12.2 Å². The summed E-state index contributed by atoms with van der Waals surface area (Å²) in [5, 5.41) is 3.36. The van der Waals surface area contributed by atoms with Gasteiger partial charge in [-0.15, -0.1) is 0 Å². The molecule has 1 aromatic rings.